The standard InChI is InChI=1S/C13H14N2O3S/c1-9(19(2,17)18)13(16)15-11-7-10-5-3-4-6-12(10)14-8-11/h3-9H,1-2H3,(H,15,16)/t9-/m1/s1. The van der Waals surface area contributed by atoms with Gasteiger partial charge in [0, 0.05) is 11.6 Å². The molecule has 100 valence electrons. The molecule has 1 N–H and O–H groups in total. The molecule has 0 radical (unpaired) electrons. The topological polar surface area (TPSA) is 76.1 Å². The molecular formula is C13H14N2O3S. The number of pyridine rings is 1. The number of rotatable bonds is 3. The molecule has 1 atom stereocenters. The fraction of sp³-hybridized carbons (Fsp3) is 0.231. The Morgan fingerprint density at radius 2 is 2.00 bits per heavy atom. The van der Waals surface area contributed by atoms with Crippen LogP contribution >= 0.6 is 0 Å². The highest BCUT2D eigenvalue weighted by Gasteiger charge is 2.23. The molecule has 6 heteroatoms. The summed E-state index contributed by atoms with van der Waals surface area (Å²) < 4.78 is 22.6. The van der Waals surface area contributed by atoms with Gasteiger partial charge in [-0.25, -0.2) is 8.42 Å². The number of hydrogen-bond donors (Lipinski definition) is 1. The van der Waals surface area contributed by atoms with E-state index in [1.807, 2.05) is 24.3 Å². The fourth-order valence-electron chi connectivity index (χ4n) is 1.58. The van der Waals surface area contributed by atoms with Crippen molar-refractivity contribution in [2.45, 2.75) is 12.2 Å². The van der Waals surface area contributed by atoms with Crippen molar-refractivity contribution >= 4 is 32.3 Å². The van der Waals surface area contributed by atoms with E-state index in [1.54, 1.807) is 6.07 Å². The van der Waals surface area contributed by atoms with Crippen molar-refractivity contribution < 1.29 is 13.2 Å². The van der Waals surface area contributed by atoms with Crippen molar-refractivity contribution in [3.05, 3.63) is 36.5 Å². The van der Waals surface area contributed by atoms with Crippen LogP contribution in [0.5, 0.6) is 0 Å². The summed E-state index contributed by atoms with van der Waals surface area (Å²) >= 11 is 0. The number of carbonyl (C=O) groups is 1. The molecule has 0 aliphatic heterocycles. The van der Waals surface area contributed by atoms with E-state index in [0.717, 1.165) is 17.2 Å². The maximum Gasteiger partial charge on any atom is 0.242 e. The second-order valence-corrected chi connectivity index (χ2v) is 6.74. The van der Waals surface area contributed by atoms with Crippen LogP contribution in [-0.2, 0) is 14.6 Å². The molecule has 0 unspecified atom stereocenters. The van der Waals surface area contributed by atoms with Crippen molar-refractivity contribution in [3.63, 3.8) is 0 Å². The summed E-state index contributed by atoms with van der Waals surface area (Å²) in [7, 11) is -3.40. The number of amides is 1. The zero-order valence-electron chi connectivity index (χ0n) is 10.6. The van der Waals surface area contributed by atoms with Crippen molar-refractivity contribution in [2.75, 3.05) is 11.6 Å². The van der Waals surface area contributed by atoms with Crippen molar-refractivity contribution in [1.82, 2.24) is 4.98 Å². The molecule has 0 saturated heterocycles. The smallest absolute Gasteiger partial charge is 0.242 e. The average molecular weight is 278 g/mol. The van der Waals surface area contributed by atoms with Gasteiger partial charge in [0.25, 0.3) is 0 Å². The first-order valence-corrected chi connectivity index (χ1v) is 7.68. The molecule has 0 aliphatic carbocycles. The molecular weight excluding hydrogens is 264 g/mol. The Kier molecular flexibility index (Phi) is 3.53. The quantitative estimate of drug-likeness (QED) is 0.925. The van der Waals surface area contributed by atoms with Gasteiger partial charge in [-0.2, -0.15) is 0 Å². The van der Waals surface area contributed by atoms with Gasteiger partial charge in [-0.1, -0.05) is 18.2 Å². The first kappa shape index (κ1) is 13.5. The van der Waals surface area contributed by atoms with E-state index < -0.39 is 21.0 Å². The highest BCUT2D eigenvalue weighted by molar-refractivity contribution is 7.92. The predicted octanol–water partition coefficient (Wildman–Crippen LogP) is 1.61. The van der Waals surface area contributed by atoms with Crippen molar-refractivity contribution in [3.8, 4) is 0 Å². The van der Waals surface area contributed by atoms with E-state index in [4.69, 9.17) is 0 Å². The summed E-state index contributed by atoms with van der Waals surface area (Å²) in [6.07, 6.45) is 2.55. The number of hydrogen-bond acceptors (Lipinski definition) is 4. The average Bonchev–Trinajstić information content (AvgIpc) is 2.36. The van der Waals surface area contributed by atoms with E-state index >= 15 is 0 Å². The largest absolute Gasteiger partial charge is 0.324 e. The predicted molar refractivity (Wildman–Crippen MR) is 74.7 cm³/mol. The van der Waals surface area contributed by atoms with Crippen molar-refractivity contribution in [2.24, 2.45) is 0 Å². The molecule has 5 nitrogen and oxygen atoms in total. The minimum Gasteiger partial charge on any atom is -0.324 e. The summed E-state index contributed by atoms with van der Waals surface area (Å²) in [5.41, 5.74) is 1.30. The molecule has 0 aliphatic rings. The Hall–Kier alpha value is -1.95. The minimum absolute atomic E-state index is 0.485. The van der Waals surface area contributed by atoms with Gasteiger partial charge in [0.2, 0.25) is 5.91 Å². The first-order valence-electron chi connectivity index (χ1n) is 5.72. The molecule has 19 heavy (non-hydrogen) atoms. The van der Waals surface area contributed by atoms with Crippen LogP contribution in [0.25, 0.3) is 10.9 Å². The molecule has 2 rings (SSSR count). The summed E-state index contributed by atoms with van der Waals surface area (Å²) in [6.45, 7) is 1.36. The van der Waals surface area contributed by atoms with Gasteiger partial charge in [-0.15, -0.1) is 0 Å². The lowest BCUT2D eigenvalue weighted by atomic mass is 10.2. The van der Waals surface area contributed by atoms with Crippen LogP contribution in [0.4, 0.5) is 5.69 Å². The highest BCUT2D eigenvalue weighted by Crippen LogP contribution is 2.16. The minimum atomic E-state index is -3.40. The van der Waals surface area contributed by atoms with Gasteiger partial charge in [0.05, 0.1) is 17.4 Å². The molecule has 0 spiro atoms. The molecule has 1 heterocycles. The monoisotopic (exact) mass is 278 g/mol. The number of aromatic nitrogens is 1. The summed E-state index contributed by atoms with van der Waals surface area (Å²) in [5.74, 6) is -0.556. The summed E-state index contributed by atoms with van der Waals surface area (Å²) in [6, 6.07) is 9.24. The van der Waals surface area contributed by atoms with Crippen LogP contribution in [0.15, 0.2) is 36.5 Å². The zero-order valence-corrected chi connectivity index (χ0v) is 11.4. The van der Waals surface area contributed by atoms with Crippen LogP contribution in [0.2, 0.25) is 0 Å². The van der Waals surface area contributed by atoms with Crippen LogP contribution in [0, 0.1) is 0 Å². The van der Waals surface area contributed by atoms with E-state index in [0.29, 0.717) is 5.69 Å². The second kappa shape index (κ2) is 4.97. The van der Waals surface area contributed by atoms with Gasteiger partial charge >= 0.3 is 0 Å². The maximum absolute atomic E-state index is 11.8. The number of anilines is 1. The Morgan fingerprint density at radius 3 is 2.68 bits per heavy atom. The van der Waals surface area contributed by atoms with Crippen LogP contribution < -0.4 is 5.32 Å². The van der Waals surface area contributed by atoms with E-state index in [1.165, 1.54) is 13.1 Å². The molecule has 1 amide bonds. The van der Waals surface area contributed by atoms with Gasteiger partial charge < -0.3 is 5.32 Å². The number of fused-ring (bicyclic) bond motifs is 1. The Balaban J connectivity index is 2.24. The number of sulfone groups is 1. The molecule has 0 fully saturated rings. The van der Waals surface area contributed by atoms with Gasteiger partial charge in [-0.05, 0) is 19.1 Å². The number of carbonyl (C=O) groups excluding carboxylic acids is 1. The SMILES string of the molecule is C[C@H](C(=O)Nc1cnc2ccccc2c1)S(C)(=O)=O. The van der Waals surface area contributed by atoms with Gasteiger partial charge in [0.1, 0.15) is 5.25 Å². The fourth-order valence-corrected chi connectivity index (χ4v) is 2.03. The molecule has 1 aromatic heterocycles. The summed E-state index contributed by atoms with van der Waals surface area (Å²) in [4.78, 5) is 16.0. The number of nitrogens with zero attached hydrogens (tertiary/aromatic N) is 1. The number of benzene rings is 1. The first-order chi connectivity index (χ1) is 8.88. The maximum atomic E-state index is 11.8. The number of nitrogens with one attached hydrogen (secondary N) is 1. The zero-order chi connectivity index (χ0) is 14.0. The van der Waals surface area contributed by atoms with Crippen molar-refractivity contribution in [1.29, 1.82) is 0 Å². The lowest BCUT2D eigenvalue weighted by Crippen LogP contribution is -2.31. The molecule has 2 aromatic rings. The Bertz CT molecular complexity index is 726. The molecule has 0 bridgehead atoms. The number of para-hydroxylation sites is 1. The third-order valence-corrected chi connectivity index (χ3v) is 4.37. The molecule has 1 aromatic carbocycles. The van der Waals surface area contributed by atoms with Crippen LogP contribution in [0.3, 0.4) is 0 Å². The van der Waals surface area contributed by atoms with Gasteiger partial charge in [0.15, 0.2) is 9.84 Å². The second-order valence-electron chi connectivity index (χ2n) is 4.38. The third-order valence-electron chi connectivity index (χ3n) is 2.87. The lowest BCUT2D eigenvalue weighted by molar-refractivity contribution is -0.115. The van der Waals surface area contributed by atoms with E-state index in [2.05, 4.69) is 10.3 Å². The third kappa shape index (κ3) is 3.08. The van der Waals surface area contributed by atoms with E-state index in [9.17, 15) is 13.2 Å². The Morgan fingerprint density at radius 1 is 1.32 bits per heavy atom. The molecule has 0 saturated carbocycles. The highest BCUT2D eigenvalue weighted by atomic mass is 32.2. The lowest BCUT2D eigenvalue weighted by Gasteiger charge is -2.10. The van der Waals surface area contributed by atoms with Crippen LogP contribution in [-0.4, -0.2) is 30.8 Å². The van der Waals surface area contributed by atoms with E-state index in [-0.39, 0.29) is 0 Å². The van der Waals surface area contributed by atoms with Gasteiger partial charge in [-0.3, -0.25) is 9.78 Å². The summed E-state index contributed by atoms with van der Waals surface area (Å²) in [5, 5.41) is 2.36. The normalized spacial score (nSPS) is 13.2. The van der Waals surface area contributed by atoms with Crippen LogP contribution in [0.1, 0.15) is 6.92 Å². The Labute approximate surface area is 111 Å².